The van der Waals surface area contributed by atoms with Crippen molar-refractivity contribution in [2.45, 2.75) is 78.4 Å². The molecule has 2 amide bonds. The Balaban J connectivity index is 1.79. The Hall–Kier alpha value is -2.80. The first-order valence-corrected chi connectivity index (χ1v) is 11.2. The van der Waals surface area contributed by atoms with Gasteiger partial charge in [-0.1, -0.05) is 51.7 Å². The Bertz CT molecular complexity index is 758. The molecule has 2 aromatic heterocycles. The van der Waals surface area contributed by atoms with Gasteiger partial charge < -0.3 is 15.4 Å². The van der Waals surface area contributed by atoms with E-state index in [1.807, 2.05) is 24.3 Å². The molecule has 0 bridgehead atoms. The maximum Gasteiger partial charge on any atom is 0.225 e. The summed E-state index contributed by atoms with van der Waals surface area (Å²) < 4.78 is 5.73. The first kappa shape index (κ1) is 24.5. The minimum atomic E-state index is -0.0169. The molecule has 7 heteroatoms. The second kappa shape index (κ2) is 14.2. The lowest BCUT2D eigenvalue weighted by molar-refractivity contribution is -0.117. The lowest BCUT2D eigenvalue weighted by Gasteiger charge is -2.09. The van der Waals surface area contributed by atoms with Gasteiger partial charge in [0.25, 0.3) is 0 Å². The molecule has 0 atom stereocenters. The van der Waals surface area contributed by atoms with Crippen molar-refractivity contribution >= 4 is 23.5 Å². The zero-order valence-corrected chi connectivity index (χ0v) is 18.7. The monoisotopic (exact) mass is 426 g/mol. The van der Waals surface area contributed by atoms with E-state index in [0.29, 0.717) is 37.7 Å². The maximum atomic E-state index is 12.0. The second-order valence-electron chi connectivity index (χ2n) is 7.53. The summed E-state index contributed by atoms with van der Waals surface area (Å²) in [4.78, 5) is 32.8. The molecule has 0 aliphatic rings. The van der Waals surface area contributed by atoms with Crippen LogP contribution in [0.3, 0.4) is 0 Å². The van der Waals surface area contributed by atoms with Gasteiger partial charge in [-0.15, -0.1) is 0 Å². The highest BCUT2D eigenvalue weighted by Crippen LogP contribution is 2.11. The predicted molar refractivity (Wildman–Crippen MR) is 123 cm³/mol. The third-order valence-corrected chi connectivity index (χ3v) is 4.66. The molecule has 0 aromatic carbocycles. The molecule has 0 aliphatic carbocycles. The number of hydrogen-bond acceptors (Lipinski definition) is 5. The minimum absolute atomic E-state index is 0.0169. The Morgan fingerprint density at radius 1 is 0.742 bits per heavy atom. The van der Waals surface area contributed by atoms with Gasteiger partial charge in [-0.05, 0) is 37.1 Å². The summed E-state index contributed by atoms with van der Waals surface area (Å²) >= 11 is 0. The van der Waals surface area contributed by atoms with Gasteiger partial charge in [0, 0.05) is 12.8 Å². The van der Waals surface area contributed by atoms with E-state index in [2.05, 4.69) is 34.4 Å². The van der Waals surface area contributed by atoms with Crippen molar-refractivity contribution < 1.29 is 14.3 Å². The number of anilines is 2. The quantitative estimate of drug-likeness (QED) is 0.403. The van der Waals surface area contributed by atoms with Crippen LogP contribution >= 0.6 is 0 Å². The Labute approximate surface area is 185 Å². The van der Waals surface area contributed by atoms with E-state index >= 15 is 0 Å². The fourth-order valence-electron chi connectivity index (χ4n) is 3.00. The molecule has 7 nitrogen and oxygen atoms in total. The molecule has 2 aromatic rings. The third-order valence-electron chi connectivity index (χ3n) is 4.66. The van der Waals surface area contributed by atoms with E-state index in [1.54, 1.807) is 12.1 Å². The predicted octanol–water partition coefficient (Wildman–Crippen LogP) is 5.23. The molecule has 2 rings (SSSR count). The van der Waals surface area contributed by atoms with Crippen LogP contribution in [0.15, 0.2) is 36.4 Å². The maximum absolute atomic E-state index is 12.0. The lowest BCUT2D eigenvalue weighted by atomic mass is 10.2. The topological polar surface area (TPSA) is 93.2 Å². The number of amides is 2. The fraction of sp³-hybridized carbons (Fsp3) is 0.500. The van der Waals surface area contributed by atoms with Crippen molar-refractivity contribution in [1.29, 1.82) is 0 Å². The number of aromatic nitrogens is 2. The number of unbranched alkanes of at least 4 members (excludes halogenated alkanes) is 4. The minimum Gasteiger partial charge on any atom is -0.369 e. The van der Waals surface area contributed by atoms with Crippen LogP contribution < -0.4 is 10.6 Å². The van der Waals surface area contributed by atoms with Crippen molar-refractivity contribution in [3.05, 3.63) is 47.8 Å². The van der Waals surface area contributed by atoms with Gasteiger partial charge in [0.05, 0.1) is 24.6 Å². The lowest BCUT2D eigenvalue weighted by Crippen LogP contribution is -2.13. The number of ether oxygens (including phenoxy) is 1. The second-order valence-corrected chi connectivity index (χ2v) is 7.53. The van der Waals surface area contributed by atoms with Crippen molar-refractivity contribution in [2.24, 2.45) is 0 Å². The number of rotatable bonds is 14. The summed E-state index contributed by atoms with van der Waals surface area (Å²) in [5.41, 5.74) is 1.46. The average molecular weight is 427 g/mol. The number of carbonyl (C=O) groups is 2. The van der Waals surface area contributed by atoms with Crippen molar-refractivity contribution in [1.82, 2.24) is 9.97 Å². The van der Waals surface area contributed by atoms with Crippen molar-refractivity contribution in [3.63, 3.8) is 0 Å². The summed E-state index contributed by atoms with van der Waals surface area (Å²) in [6.07, 6.45) is 7.05. The first-order valence-electron chi connectivity index (χ1n) is 11.2. The van der Waals surface area contributed by atoms with Gasteiger partial charge in [0.2, 0.25) is 11.8 Å². The molecular formula is C24H34N4O3. The molecule has 168 valence electrons. The van der Waals surface area contributed by atoms with Crippen LogP contribution in [-0.4, -0.2) is 21.8 Å². The first-order chi connectivity index (χ1) is 15.1. The van der Waals surface area contributed by atoms with Gasteiger partial charge in [0.1, 0.15) is 11.6 Å². The Kier molecular flexibility index (Phi) is 11.2. The van der Waals surface area contributed by atoms with E-state index in [9.17, 15) is 9.59 Å². The van der Waals surface area contributed by atoms with Gasteiger partial charge in [-0.3, -0.25) is 9.59 Å². The number of nitrogens with zero attached hydrogens (tertiary/aromatic N) is 2. The van der Waals surface area contributed by atoms with Crippen LogP contribution in [0.5, 0.6) is 0 Å². The molecule has 0 saturated carbocycles. The van der Waals surface area contributed by atoms with E-state index in [1.165, 1.54) is 0 Å². The standard InChI is InChI=1S/C24H34N4O3/c1-3-5-7-15-23(29)27-21-13-9-11-19(25-21)17-31-18-20-12-10-14-22(26-20)28-24(30)16-8-6-4-2/h9-14H,3-8,15-18H2,1-2H3,(H,25,27,29)(H,26,28,30). The molecule has 0 spiro atoms. The number of nitrogens with one attached hydrogen (secondary N) is 2. The van der Waals surface area contributed by atoms with Crippen LogP contribution in [-0.2, 0) is 27.5 Å². The Morgan fingerprint density at radius 3 is 1.61 bits per heavy atom. The van der Waals surface area contributed by atoms with Crippen molar-refractivity contribution in [2.75, 3.05) is 10.6 Å². The van der Waals surface area contributed by atoms with Gasteiger partial charge in [0.15, 0.2) is 0 Å². The van der Waals surface area contributed by atoms with Crippen molar-refractivity contribution in [3.8, 4) is 0 Å². The highest BCUT2D eigenvalue weighted by molar-refractivity contribution is 5.90. The van der Waals surface area contributed by atoms with E-state index < -0.39 is 0 Å². The smallest absolute Gasteiger partial charge is 0.225 e. The van der Waals surface area contributed by atoms with E-state index in [0.717, 1.165) is 49.9 Å². The SMILES string of the molecule is CCCCCC(=O)Nc1cccc(COCc2cccc(NC(=O)CCCCC)n2)n1. The van der Waals surface area contributed by atoms with Crippen LogP contribution in [0.4, 0.5) is 11.6 Å². The summed E-state index contributed by atoms with van der Waals surface area (Å²) in [6, 6.07) is 11.0. The summed E-state index contributed by atoms with van der Waals surface area (Å²) in [5, 5.41) is 5.67. The molecule has 2 heterocycles. The molecule has 0 saturated heterocycles. The van der Waals surface area contributed by atoms with Crippen LogP contribution in [0.2, 0.25) is 0 Å². The zero-order chi connectivity index (χ0) is 22.3. The van der Waals surface area contributed by atoms with Crippen LogP contribution in [0.1, 0.15) is 76.6 Å². The fourth-order valence-corrected chi connectivity index (χ4v) is 3.00. The summed E-state index contributed by atoms with van der Waals surface area (Å²) in [7, 11) is 0. The van der Waals surface area contributed by atoms with Gasteiger partial charge >= 0.3 is 0 Å². The van der Waals surface area contributed by atoms with Gasteiger partial charge in [-0.25, -0.2) is 9.97 Å². The number of hydrogen-bond donors (Lipinski definition) is 2. The molecule has 0 unspecified atom stereocenters. The average Bonchev–Trinajstić information content (AvgIpc) is 2.75. The largest absolute Gasteiger partial charge is 0.369 e. The normalized spacial score (nSPS) is 10.6. The van der Waals surface area contributed by atoms with E-state index in [4.69, 9.17) is 4.74 Å². The molecule has 31 heavy (non-hydrogen) atoms. The highest BCUT2D eigenvalue weighted by Gasteiger charge is 2.06. The van der Waals surface area contributed by atoms with E-state index in [-0.39, 0.29) is 11.8 Å². The third kappa shape index (κ3) is 10.2. The zero-order valence-electron chi connectivity index (χ0n) is 18.7. The highest BCUT2D eigenvalue weighted by atomic mass is 16.5. The van der Waals surface area contributed by atoms with Gasteiger partial charge in [-0.2, -0.15) is 0 Å². The molecule has 0 aliphatic heterocycles. The molecule has 2 N–H and O–H groups in total. The molecule has 0 fully saturated rings. The molecule has 0 radical (unpaired) electrons. The van der Waals surface area contributed by atoms with Crippen LogP contribution in [0, 0.1) is 0 Å². The number of pyridine rings is 2. The number of carbonyl (C=O) groups excluding carboxylic acids is 2. The summed E-state index contributed by atoms with van der Waals surface area (Å²) in [6.45, 7) is 4.82. The summed E-state index contributed by atoms with van der Waals surface area (Å²) in [5.74, 6) is 1.04. The van der Waals surface area contributed by atoms with Crippen LogP contribution in [0.25, 0.3) is 0 Å². The Morgan fingerprint density at radius 2 is 1.19 bits per heavy atom. The molecular weight excluding hydrogens is 392 g/mol.